The lowest BCUT2D eigenvalue weighted by Crippen LogP contribution is -2.24. The average molecular weight is 300 g/mol. The summed E-state index contributed by atoms with van der Waals surface area (Å²) >= 11 is 0. The van der Waals surface area contributed by atoms with Crippen LogP contribution in [0.2, 0.25) is 0 Å². The van der Waals surface area contributed by atoms with Crippen molar-refractivity contribution in [3.63, 3.8) is 0 Å². The number of nitrogens with zero attached hydrogens (tertiary/aromatic N) is 1. The highest BCUT2D eigenvalue weighted by atomic mass is 16.5. The maximum Gasteiger partial charge on any atom is 0.356 e. The monoisotopic (exact) mass is 300 g/mol. The molecule has 0 fully saturated rings. The van der Waals surface area contributed by atoms with E-state index in [4.69, 9.17) is 4.74 Å². The van der Waals surface area contributed by atoms with Gasteiger partial charge in [-0.15, -0.1) is 0 Å². The van der Waals surface area contributed by atoms with E-state index >= 15 is 0 Å². The Morgan fingerprint density at radius 3 is 2.36 bits per heavy atom. The molecule has 114 valence electrons. The number of hydrogen-bond donors (Lipinski definition) is 1. The predicted molar refractivity (Wildman–Crippen MR) is 79.7 cm³/mol. The SMILES string of the molecule is COC(=O)c1cccc(C(=O)NCc2ccc(OC)cc2)n1. The summed E-state index contributed by atoms with van der Waals surface area (Å²) in [6.45, 7) is 0.354. The fraction of sp³-hybridized carbons (Fsp3) is 0.188. The zero-order valence-corrected chi connectivity index (χ0v) is 12.3. The fourth-order valence-corrected chi connectivity index (χ4v) is 1.80. The molecule has 0 spiro atoms. The van der Waals surface area contributed by atoms with Crippen molar-refractivity contribution in [3.05, 3.63) is 59.4 Å². The maximum absolute atomic E-state index is 12.1. The Labute approximate surface area is 128 Å². The smallest absolute Gasteiger partial charge is 0.356 e. The van der Waals surface area contributed by atoms with Gasteiger partial charge >= 0.3 is 5.97 Å². The molecular formula is C16H16N2O4. The average Bonchev–Trinajstić information content (AvgIpc) is 2.59. The number of methoxy groups -OCH3 is 2. The van der Waals surface area contributed by atoms with E-state index in [0.29, 0.717) is 6.54 Å². The van der Waals surface area contributed by atoms with Gasteiger partial charge in [-0.25, -0.2) is 9.78 Å². The van der Waals surface area contributed by atoms with Crippen LogP contribution in [-0.2, 0) is 11.3 Å². The molecule has 0 aliphatic heterocycles. The van der Waals surface area contributed by atoms with E-state index in [-0.39, 0.29) is 17.3 Å². The van der Waals surface area contributed by atoms with Crippen molar-refractivity contribution < 1.29 is 19.1 Å². The van der Waals surface area contributed by atoms with Crippen LogP contribution in [0.4, 0.5) is 0 Å². The number of esters is 1. The van der Waals surface area contributed by atoms with E-state index in [9.17, 15) is 9.59 Å². The van der Waals surface area contributed by atoms with Gasteiger partial charge in [-0.05, 0) is 29.8 Å². The molecule has 2 aromatic rings. The quantitative estimate of drug-likeness (QED) is 0.852. The summed E-state index contributed by atoms with van der Waals surface area (Å²) in [6.07, 6.45) is 0. The highest BCUT2D eigenvalue weighted by molar-refractivity contribution is 5.94. The van der Waals surface area contributed by atoms with Gasteiger partial charge in [-0.3, -0.25) is 4.79 Å². The first-order chi connectivity index (χ1) is 10.6. The van der Waals surface area contributed by atoms with Crippen molar-refractivity contribution in [3.8, 4) is 5.75 Å². The molecule has 2 rings (SSSR count). The molecule has 0 unspecified atom stereocenters. The van der Waals surface area contributed by atoms with Crippen molar-refractivity contribution in [1.82, 2.24) is 10.3 Å². The van der Waals surface area contributed by atoms with Crippen LogP contribution in [0.1, 0.15) is 26.5 Å². The Kier molecular flexibility index (Phi) is 5.08. The first kappa shape index (κ1) is 15.5. The van der Waals surface area contributed by atoms with Gasteiger partial charge in [0.2, 0.25) is 0 Å². The number of nitrogens with one attached hydrogen (secondary N) is 1. The van der Waals surface area contributed by atoms with E-state index in [1.165, 1.54) is 19.2 Å². The van der Waals surface area contributed by atoms with Crippen molar-refractivity contribution >= 4 is 11.9 Å². The summed E-state index contributed by atoms with van der Waals surface area (Å²) in [6, 6.07) is 12.0. The lowest BCUT2D eigenvalue weighted by Gasteiger charge is -2.07. The van der Waals surface area contributed by atoms with Crippen molar-refractivity contribution in [2.24, 2.45) is 0 Å². The number of benzene rings is 1. The Hall–Kier alpha value is -2.89. The molecule has 0 atom stereocenters. The molecule has 1 heterocycles. The lowest BCUT2D eigenvalue weighted by molar-refractivity contribution is 0.0594. The third-order valence-corrected chi connectivity index (χ3v) is 2.99. The van der Waals surface area contributed by atoms with Crippen LogP contribution in [0.5, 0.6) is 5.75 Å². The second-order valence-corrected chi connectivity index (χ2v) is 4.43. The van der Waals surface area contributed by atoms with Crippen LogP contribution in [0.15, 0.2) is 42.5 Å². The van der Waals surface area contributed by atoms with Gasteiger partial charge < -0.3 is 14.8 Å². The molecule has 22 heavy (non-hydrogen) atoms. The van der Waals surface area contributed by atoms with Crippen LogP contribution in [-0.4, -0.2) is 31.1 Å². The first-order valence-electron chi connectivity index (χ1n) is 6.60. The van der Waals surface area contributed by atoms with Gasteiger partial charge in [0.05, 0.1) is 14.2 Å². The zero-order valence-electron chi connectivity index (χ0n) is 12.3. The summed E-state index contributed by atoms with van der Waals surface area (Å²) < 4.78 is 9.65. The number of hydrogen-bond acceptors (Lipinski definition) is 5. The molecule has 0 bridgehead atoms. The summed E-state index contributed by atoms with van der Waals surface area (Å²) in [7, 11) is 2.86. The van der Waals surface area contributed by atoms with E-state index in [0.717, 1.165) is 11.3 Å². The van der Waals surface area contributed by atoms with Crippen molar-refractivity contribution in [1.29, 1.82) is 0 Å². The van der Waals surface area contributed by atoms with E-state index in [1.54, 1.807) is 13.2 Å². The molecule has 0 saturated carbocycles. The molecule has 1 aromatic heterocycles. The zero-order chi connectivity index (χ0) is 15.9. The Balaban J connectivity index is 2.01. The molecule has 6 heteroatoms. The topological polar surface area (TPSA) is 77.5 Å². The second kappa shape index (κ2) is 7.21. The number of carbonyl (C=O) groups excluding carboxylic acids is 2. The summed E-state index contributed by atoms with van der Waals surface area (Å²) in [5.74, 6) is -0.186. The summed E-state index contributed by atoms with van der Waals surface area (Å²) in [5.41, 5.74) is 1.19. The Morgan fingerprint density at radius 1 is 1.05 bits per heavy atom. The number of amides is 1. The molecule has 0 radical (unpaired) electrons. The fourth-order valence-electron chi connectivity index (χ4n) is 1.80. The summed E-state index contributed by atoms with van der Waals surface area (Å²) in [5, 5.41) is 2.74. The minimum atomic E-state index is -0.579. The van der Waals surface area contributed by atoms with E-state index < -0.39 is 5.97 Å². The van der Waals surface area contributed by atoms with E-state index in [2.05, 4.69) is 15.0 Å². The highest BCUT2D eigenvalue weighted by Crippen LogP contribution is 2.11. The minimum Gasteiger partial charge on any atom is -0.497 e. The molecule has 1 amide bonds. The van der Waals surface area contributed by atoms with Crippen molar-refractivity contribution in [2.45, 2.75) is 6.54 Å². The van der Waals surface area contributed by atoms with Gasteiger partial charge in [0.15, 0.2) is 0 Å². The van der Waals surface area contributed by atoms with Crippen LogP contribution in [0.25, 0.3) is 0 Å². The van der Waals surface area contributed by atoms with Gasteiger partial charge in [0, 0.05) is 6.54 Å². The molecule has 0 saturated heterocycles. The van der Waals surface area contributed by atoms with Gasteiger partial charge in [0.1, 0.15) is 17.1 Å². The normalized spacial score (nSPS) is 9.91. The van der Waals surface area contributed by atoms with Crippen LogP contribution < -0.4 is 10.1 Å². The third kappa shape index (κ3) is 3.82. The van der Waals surface area contributed by atoms with Gasteiger partial charge in [-0.2, -0.15) is 0 Å². The Bertz CT molecular complexity index is 668. The minimum absolute atomic E-state index is 0.0968. The number of carbonyl (C=O) groups is 2. The number of ether oxygens (including phenoxy) is 2. The Morgan fingerprint density at radius 2 is 1.73 bits per heavy atom. The maximum atomic E-state index is 12.1. The second-order valence-electron chi connectivity index (χ2n) is 4.43. The molecule has 0 aliphatic carbocycles. The highest BCUT2D eigenvalue weighted by Gasteiger charge is 2.12. The van der Waals surface area contributed by atoms with Crippen LogP contribution >= 0.6 is 0 Å². The summed E-state index contributed by atoms with van der Waals surface area (Å²) in [4.78, 5) is 27.4. The predicted octanol–water partition coefficient (Wildman–Crippen LogP) is 1.81. The number of aromatic nitrogens is 1. The molecule has 1 aromatic carbocycles. The standard InChI is InChI=1S/C16H16N2O4/c1-21-12-8-6-11(7-9-12)10-17-15(19)13-4-3-5-14(18-13)16(20)22-2/h3-9H,10H2,1-2H3,(H,17,19). The lowest BCUT2D eigenvalue weighted by atomic mass is 10.2. The van der Waals surface area contributed by atoms with Gasteiger partial charge in [-0.1, -0.05) is 18.2 Å². The van der Waals surface area contributed by atoms with Crippen molar-refractivity contribution in [2.75, 3.05) is 14.2 Å². The largest absolute Gasteiger partial charge is 0.497 e. The molecule has 1 N–H and O–H groups in total. The van der Waals surface area contributed by atoms with Crippen LogP contribution in [0, 0.1) is 0 Å². The third-order valence-electron chi connectivity index (χ3n) is 2.99. The number of pyridine rings is 1. The molecule has 6 nitrogen and oxygen atoms in total. The molecule has 0 aliphatic rings. The number of rotatable bonds is 5. The van der Waals surface area contributed by atoms with Gasteiger partial charge in [0.25, 0.3) is 5.91 Å². The first-order valence-corrected chi connectivity index (χ1v) is 6.60. The van der Waals surface area contributed by atoms with Crippen LogP contribution in [0.3, 0.4) is 0 Å². The molecular weight excluding hydrogens is 284 g/mol. The van der Waals surface area contributed by atoms with E-state index in [1.807, 2.05) is 24.3 Å².